The molecule has 0 spiro atoms. The minimum Gasteiger partial charge on any atom is -0.481 e. The van der Waals surface area contributed by atoms with Crippen molar-refractivity contribution in [2.75, 3.05) is 0 Å². The van der Waals surface area contributed by atoms with Gasteiger partial charge in [0.25, 0.3) is 0 Å². The highest BCUT2D eigenvalue weighted by Crippen LogP contribution is 2.13. The molecule has 0 saturated heterocycles. The molecule has 1 atom stereocenters. The standard InChI is InChI=1S/C11H20O3/c1-3-5-6-7-8-9(11(13)14)10(12)4-2/h9H,3-8H2,1-2H3,(H,13,14). The second kappa shape index (κ2) is 7.54. The van der Waals surface area contributed by atoms with Gasteiger partial charge in [-0.05, 0) is 6.42 Å². The maximum atomic E-state index is 11.2. The van der Waals surface area contributed by atoms with Gasteiger partial charge >= 0.3 is 5.97 Å². The Morgan fingerprint density at radius 2 is 1.79 bits per heavy atom. The van der Waals surface area contributed by atoms with Crippen LogP contribution in [-0.2, 0) is 9.59 Å². The maximum Gasteiger partial charge on any atom is 0.314 e. The molecule has 1 N–H and O–H groups in total. The fourth-order valence-corrected chi connectivity index (χ4v) is 1.44. The average Bonchev–Trinajstić information content (AvgIpc) is 2.16. The molecule has 82 valence electrons. The van der Waals surface area contributed by atoms with Crippen molar-refractivity contribution in [3.63, 3.8) is 0 Å². The first-order chi connectivity index (χ1) is 6.63. The van der Waals surface area contributed by atoms with E-state index in [1.54, 1.807) is 6.92 Å². The van der Waals surface area contributed by atoms with E-state index in [2.05, 4.69) is 6.92 Å². The summed E-state index contributed by atoms with van der Waals surface area (Å²) in [4.78, 5) is 22.0. The van der Waals surface area contributed by atoms with Crippen LogP contribution in [0.3, 0.4) is 0 Å². The first-order valence-corrected chi connectivity index (χ1v) is 5.39. The van der Waals surface area contributed by atoms with Crippen molar-refractivity contribution < 1.29 is 14.7 Å². The third kappa shape index (κ3) is 5.00. The van der Waals surface area contributed by atoms with Crippen molar-refractivity contribution in [2.45, 2.75) is 52.4 Å². The highest BCUT2D eigenvalue weighted by molar-refractivity contribution is 5.97. The topological polar surface area (TPSA) is 54.4 Å². The Kier molecular flexibility index (Phi) is 7.07. The smallest absolute Gasteiger partial charge is 0.314 e. The molecular weight excluding hydrogens is 180 g/mol. The number of carboxylic acid groups (broad SMARTS) is 1. The third-order valence-corrected chi connectivity index (χ3v) is 2.38. The van der Waals surface area contributed by atoms with Crippen LogP contribution in [-0.4, -0.2) is 16.9 Å². The first-order valence-electron chi connectivity index (χ1n) is 5.39. The van der Waals surface area contributed by atoms with Gasteiger partial charge in [-0.15, -0.1) is 0 Å². The SMILES string of the molecule is CCCCCCC(C(=O)O)C(=O)CC. The predicted octanol–water partition coefficient (Wildman–Crippen LogP) is 2.64. The molecule has 3 nitrogen and oxygen atoms in total. The lowest BCUT2D eigenvalue weighted by Crippen LogP contribution is -2.23. The summed E-state index contributed by atoms with van der Waals surface area (Å²) in [5.41, 5.74) is 0. The highest BCUT2D eigenvalue weighted by Gasteiger charge is 2.23. The van der Waals surface area contributed by atoms with Crippen LogP contribution in [0, 0.1) is 5.92 Å². The van der Waals surface area contributed by atoms with E-state index in [-0.39, 0.29) is 5.78 Å². The zero-order chi connectivity index (χ0) is 11.0. The van der Waals surface area contributed by atoms with Crippen molar-refractivity contribution in [2.24, 2.45) is 5.92 Å². The van der Waals surface area contributed by atoms with Crippen molar-refractivity contribution in [1.82, 2.24) is 0 Å². The van der Waals surface area contributed by atoms with E-state index >= 15 is 0 Å². The number of Topliss-reactive ketones (excluding diaryl/α,β-unsaturated/α-hetero) is 1. The second-order valence-corrected chi connectivity index (χ2v) is 3.56. The number of carboxylic acids is 1. The summed E-state index contributed by atoms with van der Waals surface area (Å²) in [5, 5.41) is 8.81. The maximum absolute atomic E-state index is 11.2. The minimum atomic E-state index is -0.964. The Morgan fingerprint density at radius 3 is 2.21 bits per heavy atom. The van der Waals surface area contributed by atoms with Crippen molar-refractivity contribution in [3.05, 3.63) is 0 Å². The van der Waals surface area contributed by atoms with E-state index in [1.165, 1.54) is 0 Å². The van der Waals surface area contributed by atoms with Gasteiger partial charge in [0.15, 0.2) is 0 Å². The number of unbranched alkanes of at least 4 members (excludes halogenated alkanes) is 3. The van der Waals surface area contributed by atoms with Crippen LogP contribution in [0.4, 0.5) is 0 Å². The Bertz CT molecular complexity index is 187. The number of hydrogen-bond donors (Lipinski definition) is 1. The van der Waals surface area contributed by atoms with Crippen LogP contribution < -0.4 is 0 Å². The molecule has 0 aromatic carbocycles. The molecule has 3 heteroatoms. The van der Waals surface area contributed by atoms with Gasteiger partial charge < -0.3 is 5.11 Å². The summed E-state index contributed by atoms with van der Waals surface area (Å²) >= 11 is 0. The lowest BCUT2D eigenvalue weighted by atomic mass is 9.95. The summed E-state index contributed by atoms with van der Waals surface area (Å²) in [6.07, 6.45) is 4.94. The largest absolute Gasteiger partial charge is 0.481 e. The van der Waals surface area contributed by atoms with E-state index in [0.29, 0.717) is 12.8 Å². The number of carbonyl (C=O) groups excluding carboxylic acids is 1. The number of aliphatic carboxylic acids is 1. The Morgan fingerprint density at radius 1 is 1.14 bits per heavy atom. The molecular formula is C11H20O3. The zero-order valence-corrected chi connectivity index (χ0v) is 9.08. The molecule has 1 unspecified atom stereocenters. The Balaban J connectivity index is 3.86. The summed E-state index contributed by atoms with van der Waals surface area (Å²) in [6, 6.07) is 0. The monoisotopic (exact) mass is 200 g/mol. The van der Waals surface area contributed by atoms with Crippen LogP contribution >= 0.6 is 0 Å². The molecule has 0 aliphatic rings. The van der Waals surface area contributed by atoms with E-state index < -0.39 is 11.9 Å². The van der Waals surface area contributed by atoms with Crippen LogP contribution in [0.5, 0.6) is 0 Å². The number of rotatable bonds is 8. The van der Waals surface area contributed by atoms with E-state index in [0.717, 1.165) is 25.7 Å². The summed E-state index contributed by atoms with van der Waals surface area (Å²) in [5.74, 6) is -1.88. The van der Waals surface area contributed by atoms with Gasteiger partial charge in [-0.25, -0.2) is 0 Å². The van der Waals surface area contributed by atoms with Gasteiger partial charge in [-0.2, -0.15) is 0 Å². The van der Waals surface area contributed by atoms with Crippen molar-refractivity contribution in [1.29, 1.82) is 0 Å². The molecule has 0 aliphatic carbocycles. The van der Waals surface area contributed by atoms with Gasteiger partial charge in [0, 0.05) is 6.42 Å². The Labute approximate surface area is 85.5 Å². The first kappa shape index (κ1) is 13.1. The molecule has 0 fully saturated rings. The lowest BCUT2D eigenvalue weighted by molar-refractivity contribution is -0.146. The second-order valence-electron chi connectivity index (χ2n) is 3.56. The zero-order valence-electron chi connectivity index (χ0n) is 9.08. The van der Waals surface area contributed by atoms with Gasteiger partial charge in [0.05, 0.1) is 0 Å². The highest BCUT2D eigenvalue weighted by atomic mass is 16.4. The van der Waals surface area contributed by atoms with Crippen molar-refractivity contribution >= 4 is 11.8 Å². The van der Waals surface area contributed by atoms with E-state index in [4.69, 9.17) is 5.11 Å². The Hall–Kier alpha value is -0.860. The van der Waals surface area contributed by atoms with Gasteiger partial charge in [0.2, 0.25) is 0 Å². The molecule has 14 heavy (non-hydrogen) atoms. The van der Waals surface area contributed by atoms with E-state index in [9.17, 15) is 9.59 Å². The third-order valence-electron chi connectivity index (χ3n) is 2.38. The normalized spacial score (nSPS) is 12.4. The quantitative estimate of drug-likeness (QED) is 0.484. The number of carbonyl (C=O) groups is 2. The molecule has 0 amide bonds. The molecule has 0 radical (unpaired) electrons. The average molecular weight is 200 g/mol. The predicted molar refractivity (Wildman–Crippen MR) is 55.2 cm³/mol. The molecule has 0 aliphatic heterocycles. The molecule has 0 bridgehead atoms. The van der Waals surface area contributed by atoms with E-state index in [1.807, 2.05) is 0 Å². The summed E-state index contributed by atoms with van der Waals surface area (Å²) in [6.45, 7) is 3.82. The van der Waals surface area contributed by atoms with Crippen LogP contribution in [0.2, 0.25) is 0 Å². The summed E-state index contributed by atoms with van der Waals surface area (Å²) in [7, 11) is 0. The van der Waals surface area contributed by atoms with Crippen LogP contribution in [0.1, 0.15) is 52.4 Å². The van der Waals surface area contributed by atoms with Gasteiger partial charge in [0.1, 0.15) is 11.7 Å². The van der Waals surface area contributed by atoms with Crippen LogP contribution in [0.25, 0.3) is 0 Å². The lowest BCUT2D eigenvalue weighted by Gasteiger charge is -2.09. The fourth-order valence-electron chi connectivity index (χ4n) is 1.44. The number of ketones is 1. The fraction of sp³-hybridized carbons (Fsp3) is 0.818. The summed E-state index contributed by atoms with van der Waals surface area (Å²) < 4.78 is 0. The van der Waals surface area contributed by atoms with Crippen LogP contribution in [0.15, 0.2) is 0 Å². The van der Waals surface area contributed by atoms with Gasteiger partial charge in [-0.3, -0.25) is 9.59 Å². The molecule has 0 rings (SSSR count). The molecule has 0 aromatic heterocycles. The molecule has 0 heterocycles. The minimum absolute atomic E-state index is 0.144. The number of hydrogen-bond acceptors (Lipinski definition) is 2. The molecule has 0 saturated carbocycles. The van der Waals surface area contributed by atoms with Crippen molar-refractivity contribution in [3.8, 4) is 0 Å². The molecule has 0 aromatic rings. The van der Waals surface area contributed by atoms with Gasteiger partial charge in [-0.1, -0.05) is 39.5 Å².